The lowest BCUT2D eigenvalue weighted by Gasteiger charge is -2.10. The van der Waals surface area contributed by atoms with E-state index in [-0.39, 0.29) is 23.2 Å². The Morgan fingerprint density at radius 1 is 1.15 bits per heavy atom. The Bertz CT molecular complexity index is 1230. The highest BCUT2D eigenvalue weighted by Crippen LogP contribution is 2.24. The maximum Gasteiger partial charge on any atom is 0.299 e. The number of amides is 1. The summed E-state index contributed by atoms with van der Waals surface area (Å²) in [7, 11) is 0. The molecule has 8 nitrogen and oxygen atoms in total. The second kappa shape index (κ2) is 6.27. The van der Waals surface area contributed by atoms with E-state index in [9.17, 15) is 14.0 Å². The van der Waals surface area contributed by atoms with E-state index in [1.807, 2.05) is 0 Å². The van der Waals surface area contributed by atoms with Gasteiger partial charge in [-0.15, -0.1) is 10.2 Å². The molecule has 0 aliphatic heterocycles. The number of pyridine rings is 1. The number of carbonyl (C=O) groups is 1. The maximum absolute atomic E-state index is 13.2. The van der Waals surface area contributed by atoms with E-state index in [4.69, 9.17) is 0 Å². The Balaban J connectivity index is 1.85. The topological polar surface area (TPSA) is 94.2 Å². The van der Waals surface area contributed by atoms with Crippen molar-refractivity contribution in [3.05, 3.63) is 58.9 Å². The number of fused-ring (bicyclic) bond motifs is 3. The molecule has 0 aliphatic carbocycles. The van der Waals surface area contributed by atoms with Gasteiger partial charge in [0.25, 0.3) is 5.56 Å². The van der Waals surface area contributed by atoms with Crippen LogP contribution in [0.15, 0.2) is 47.5 Å². The van der Waals surface area contributed by atoms with Gasteiger partial charge in [-0.1, -0.05) is 26.0 Å². The van der Waals surface area contributed by atoms with Crippen LogP contribution in [-0.4, -0.2) is 30.4 Å². The molecule has 4 rings (SSSR count). The smallest absolute Gasteiger partial charge is 0.273 e. The molecule has 9 heteroatoms. The minimum Gasteiger partial charge on any atom is -0.273 e. The van der Waals surface area contributed by atoms with Gasteiger partial charge in [-0.25, -0.2) is 13.6 Å². The van der Waals surface area contributed by atoms with E-state index < -0.39 is 5.56 Å². The van der Waals surface area contributed by atoms with Gasteiger partial charge in [-0.2, -0.15) is 5.10 Å². The van der Waals surface area contributed by atoms with Gasteiger partial charge >= 0.3 is 0 Å². The van der Waals surface area contributed by atoms with Gasteiger partial charge in [0.15, 0.2) is 11.2 Å². The Labute approximate surface area is 152 Å². The third kappa shape index (κ3) is 2.82. The fourth-order valence-corrected chi connectivity index (χ4v) is 2.66. The van der Waals surface area contributed by atoms with E-state index in [0.717, 1.165) is 10.2 Å². The number of aromatic nitrogens is 5. The van der Waals surface area contributed by atoms with Gasteiger partial charge < -0.3 is 0 Å². The lowest BCUT2D eigenvalue weighted by Crippen LogP contribution is -2.35. The molecule has 0 bridgehead atoms. The molecular weight excluding hydrogens is 351 g/mol. The van der Waals surface area contributed by atoms with Crippen molar-refractivity contribution in [1.29, 1.82) is 0 Å². The molecule has 0 aliphatic rings. The highest BCUT2D eigenvalue weighted by molar-refractivity contribution is 5.86. The van der Waals surface area contributed by atoms with E-state index in [0.29, 0.717) is 16.7 Å². The lowest BCUT2D eigenvalue weighted by atomic mass is 10.1. The first kappa shape index (κ1) is 16.8. The molecule has 0 fully saturated rings. The number of benzene rings is 1. The summed E-state index contributed by atoms with van der Waals surface area (Å²) in [4.78, 5) is 24.5. The normalized spacial score (nSPS) is 11.4. The molecule has 0 saturated heterocycles. The zero-order chi connectivity index (χ0) is 19.1. The summed E-state index contributed by atoms with van der Waals surface area (Å²) in [5, 5.41) is 12.4. The van der Waals surface area contributed by atoms with E-state index in [1.165, 1.54) is 22.8 Å². The highest BCUT2D eigenvalue weighted by atomic mass is 19.1. The predicted molar refractivity (Wildman–Crippen MR) is 97.1 cm³/mol. The number of nitrogens with one attached hydrogen (secondary N) is 1. The first-order valence-electron chi connectivity index (χ1n) is 8.28. The predicted octanol–water partition coefficient (Wildman–Crippen LogP) is 1.97. The molecule has 136 valence electrons. The monoisotopic (exact) mass is 366 g/mol. The lowest BCUT2D eigenvalue weighted by molar-refractivity contribution is -0.119. The molecule has 1 aromatic carbocycles. The summed E-state index contributed by atoms with van der Waals surface area (Å²) in [6.07, 6.45) is 3.04. The van der Waals surface area contributed by atoms with Crippen LogP contribution in [0, 0.1) is 11.7 Å². The summed E-state index contributed by atoms with van der Waals surface area (Å²) in [5.74, 6) is -0.899. The first-order chi connectivity index (χ1) is 13.0. The molecule has 3 aromatic heterocycles. The van der Waals surface area contributed by atoms with Gasteiger partial charge in [0.1, 0.15) is 11.3 Å². The number of rotatable bonds is 3. The summed E-state index contributed by atoms with van der Waals surface area (Å²) >= 11 is 0. The third-order valence-electron chi connectivity index (χ3n) is 4.17. The minimum absolute atomic E-state index is 0.0720. The standard InChI is InChI=1S/C18H15FN6O2/c1-10(2)17(26)23-24-8-7-14-15(18(24)27)21-22-16-13(9-20-25(14)16)11-3-5-12(19)6-4-11/h3-10H,1-2H3,(H,23,26). The Kier molecular flexibility index (Phi) is 3.91. The number of hydrogen-bond acceptors (Lipinski definition) is 5. The molecule has 0 unspecified atom stereocenters. The van der Waals surface area contributed by atoms with Crippen molar-refractivity contribution < 1.29 is 9.18 Å². The van der Waals surface area contributed by atoms with Crippen LogP contribution in [0.1, 0.15) is 13.8 Å². The van der Waals surface area contributed by atoms with Crippen LogP contribution in [0.5, 0.6) is 0 Å². The maximum atomic E-state index is 13.2. The van der Waals surface area contributed by atoms with Gasteiger partial charge in [-0.05, 0) is 23.8 Å². The fraction of sp³-hybridized carbons (Fsp3) is 0.167. The molecule has 27 heavy (non-hydrogen) atoms. The first-order valence-corrected chi connectivity index (χ1v) is 8.28. The Morgan fingerprint density at radius 2 is 1.89 bits per heavy atom. The van der Waals surface area contributed by atoms with Crippen molar-refractivity contribution >= 4 is 22.6 Å². The minimum atomic E-state index is -0.505. The van der Waals surface area contributed by atoms with Crippen molar-refractivity contribution in [2.75, 3.05) is 5.43 Å². The van der Waals surface area contributed by atoms with Gasteiger partial charge in [0, 0.05) is 17.7 Å². The molecular formula is C18H15FN6O2. The number of hydrogen-bond donors (Lipinski definition) is 1. The molecule has 0 saturated carbocycles. The molecule has 3 heterocycles. The van der Waals surface area contributed by atoms with E-state index in [1.54, 1.807) is 38.2 Å². The zero-order valence-electron chi connectivity index (χ0n) is 14.5. The van der Waals surface area contributed by atoms with Crippen LogP contribution < -0.4 is 11.0 Å². The van der Waals surface area contributed by atoms with Crippen molar-refractivity contribution in [2.24, 2.45) is 5.92 Å². The highest BCUT2D eigenvalue weighted by Gasteiger charge is 2.15. The van der Waals surface area contributed by atoms with Crippen LogP contribution in [0.25, 0.3) is 27.8 Å². The van der Waals surface area contributed by atoms with Crippen LogP contribution in [0.2, 0.25) is 0 Å². The largest absolute Gasteiger partial charge is 0.299 e. The van der Waals surface area contributed by atoms with Gasteiger partial charge in [-0.3, -0.25) is 15.0 Å². The van der Waals surface area contributed by atoms with Crippen LogP contribution in [0.3, 0.4) is 0 Å². The second-order valence-electron chi connectivity index (χ2n) is 6.36. The molecule has 4 aromatic rings. The molecule has 0 spiro atoms. The van der Waals surface area contributed by atoms with Crippen LogP contribution in [0.4, 0.5) is 4.39 Å². The Hall–Kier alpha value is -3.62. The van der Waals surface area contributed by atoms with Gasteiger partial charge in [0.05, 0.1) is 6.20 Å². The molecule has 0 radical (unpaired) electrons. The average Bonchev–Trinajstić information content (AvgIpc) is 3.09. The Morgan fingerprint density at radius 3 is 2.59 bits per heavy atom. The second-order valence-corrected chi connectivity index (χ2v) is 6.36. The van der Waals surface area contributed by atoms with Crippen LogP contribution in [-0.2, 0) is 4.79 Å². The van der Waals surface area contributed by atoms with Crippen LogP contribution >= 0.6 is 0 Å². The van der Waals surface area contributed by atoms with Crippen molar-refractivity contribution in [2.45, 2.75) is 13.8 Å². The fourth-order valence-electron chi connectivity index (χ4n) is 2.66. The van der Waals surface area contributed by atoms with Crippen molar-refractivity contribution in [3.8, 4) is 11.1 Å². The summed E-state index contributed by atoms with van der Waals surface area (Å²) in [6.45, 7) is 3.46. The third-order valence-corrected chi connectivity index (χ3v) is 4.17. The summed E-state index contributed by atoms with van der Waals surface area (Å²) in [5.41, 5.74) is 4.38. The average molecular weight is 366 g/mol. The molecule has 0 atom stereocenters. The number of nitrogens with zero attached hydrogens (tertiary/aromatic N) is 5. The number of carbonyl (C=O) groups excluding carboxylic acids is 1. The van der Waals surface area contributed by atoms with Crippen molar-refractivity contribution in [3.63, 3.8) is 0 Å². The summed E-state index contributed by atoms with van der Waals surface area (Å²) < 4.78 is 15.7. The van der Waals surface area contributed by atoms with Crippen molar-refractivity contribution in [1.82, 2.24) is 24.5 Å². The van der Waals surface area contributed by atoms with Gasteiger partial charge in [0.2, 0.25) is 5.91 Å². The SMILES string of the molecule is CC(C)C(=O)Nn1ccc2c(nnc3c(-c4ccc(F)cc4)cnn32)c1=O. The molecule has 1 N–H and O–H groups in total. The van der Waals surface area contributed by atoms with E-state index in [2.05, 4.69) is 20.7 Å². The molecule has 1 amide bonds. The summed E-state index contributed by atoms with van der Waals surface area (Å²) in [6, 6.07) is 7.57. The number of halogens is 1. The van der Waals surface area contributed by atoms with E-state index >= 15 is 0 Å². The zero-order valence-corrected chi connectivity index (χ0v) is 14.5. The quantitative estimate of drug-likeness (QED) is 0.598.